The third kappa shape index (κ3) is 7.52. The van der Waals surface area contributed by atoms with Crippen molar-refractivity contribution in [3.05, 3.63) is 65.2 Å². The van der Waals surface area contributed by atoms with Gasteiger partial charge in [0.15, 0.2) is 0 Å². The fraction of sp³-hybridized carbons (Fsp3) is 0.364. The largest absolute Gasteiger partial charge is 0.493 e. The molecule has 1 atom stereocenters. The van der Waals surface area contributed by atoms with Crippen LogP contribution < -0.4 is 10.8 Å². The highest BCUT2D eigenvalue weighted by Gasteiger charge is 2.25. The Morgan fingerprint density at radius 1 is 0.879 bits per heavy atom. The fourth-order valence-electron chi connectivity index (χ4n) is 3.18. The van der Waals surface area contributed by atoms with E-state index in [9.17, 15) is 14.2 Å². The molecule has 178 valence electrons. The molecule has 11 heteroatoms. The molecule has 2 aromatic rings. The number of rotatable bonds is 12. The summed E-state index contributed by atoms with van der Waals surface area (Å²) in [5, 5.41) is 2.72. The van der Waals surface area contributed by atoms with Crippen molar-refractivity contribution in [2.24, 2.45) is 0 Å². The molecule has 0 heterocycles. The molecule has 0 aliphatic carbocycles. The summed E-state index contributed by atoms with van der Waals surface area (Å²) in [4.78, 5) is 25.0. The third-order valence-corrected chi connectivity index (χ3v) is 6.92. The van der Waals surface area contributed by atoms with E-state index < -0.39 is 32.6 Å². The predicted molar refractivity (Wildman–Crippen MR) is 125 cm³/mol. The van der Waals surface area contributed by atoms with Crippen LogP contribution in [0.2, 0.25) is 0 Å². The van der Waals surface area contributed by atoms with E-state index in [4.69, 9.17) is 23.1 Å². The molecule has 9 nitrogen and oxygen atoms in total. The van der Waals surface area contributed by atoms with Gasteiger partial charge in [0.2, 0.25) is 0 Å². The molecule has 0 aromatic heterocycles. The lowest BCUT2D eigenvalue weighted by molar-refractivity contribution is -0.142. The fourth-order valence-corrected chi connectivity index (χ4v) is 4.25. The van der Waals surface area contributed by atoms with E-state index in [1.807, 2.05) is 24.3 Å². The van der Waals surface area contributed by atoms with Crippen molar-refractivity contribution in [1.29, 1.82) is 0 Å². The SMILES string of the molecule is COB(OC)c1ccc(C[C@@H](NC(=O)c2ccc(CP(=O)(OC)OC)cc2)C(=O)OC)cc1. The molecule has 1 amide bonds. The van der Waals surface area contributed by atoms with Crippen molar-refractivity contribution >= 4 is 32.1 Å². The number of ether oxygens (including phenoxy) is 1. The second-order valence-electron chi connectivity index (χ2n) is 7.13. The van der Waals surface area contributed by atoms with E-state index in [-0.39, 0.29) is 12.6 Å². The predicted octanol–water partition coefficient (Wildman–Crippen LogP) is 2.17. The molecule has 0 saturated carbocycles. The highest BCUT2D eigenvalue weighted by molar-refractivity contribution is 7.52. The van der Waals surface area contributed by atoms with Crippen molar-refractivity contribution in [2.45, 2.75) is 18.6 Å². The second kappa shape index (κ2) is 12.7. The van der Waals surface area contributed by atoms with Gasteiger partial charge in [0, 0.05) is 40.4 Å². The number of hydrogen-bond acceptors (Lipinski definition) is 8. The van der Waals surface area contributed by atoms with Crippen LogP contribution in [0.4, 0.5) is 0 Å². The summed E-state index contributed by atoms with van der Waals surface area (Å²) in [6.45, 7) is 0. The average Bonchev–Trinajstić information content (AvgIpc) is 2.85. The number of benzene rings is 2. The summed E-state index contributed by atoms with van der Waals surface area (Å²) in [6.07, 6.45) is 0.321. The summed E-state index contributed by atoms with van der Waals surface area (Å²) >= 11 is 0. The molecule has 0 aliphatic heterocycles. The summed E-state index contributed by atoms with van der Waals surface area (Å²) in [5.41, 5.74) is 2.68. The topological polar surface area (TPSA) is 109 Å². The maximum atomic E-state index is 12.7. The Hall–Kier alpha value is -2.49. The minimum absolute atomic E-state index is 0.0790. The quantitative estimate of drug-likeness (QED) is 0.282. The number of amides is 1. The average molecular weight is 477 g/mol. The normalized spacial score (nSPS) is 12.2. The van der Waals surface area contributed by atoms with E-state index >= 15 is 0 Å². The molecular weight excluding hydrogens is 448 g/mol. The van der Waals surface area contributed by atoms with Gasteiger partial charge in [-0.25, -0.2) is 4.79 Å². The maximum Gasteiger partial charge on any atom is 0.493 e. The van der Waals surface area contributed by atoms with E-state index in [2.05, 4.69) is 5.32 Å². The molecule has 0 spiro atoms. The van der Waals surface area contributed by atoms with Crippen LogP contribution in [-0.4, -0.2) is 60.6 Å². The Labute approximate surface area is 194 Å². The van der Waals surface area contributed by atoms with Crippen LogP contribution in [-0.2, 0) is 45.0 Å². The van der Waals surface area contributed by atoms with Crippen molar-refractivity contribution in [3.63, 3.8) is 0 Å². The van der Waals surface area contributed by atoms with Crippen molar-refractivity contribution in [3.8, 4) is 0 Å². The molecule has 2 rings (SSSR count). The van der Waals surface area contributed by atoms with Crippen LogP contribution in [0.3, 0.4) is 0 Å². The molecule has 1 N–H and O–H groups in total. The molecule has 2 aromatic carbocycles. The zero-order valence-corrected chi connectivity index (χ0v) is 20.3. The second-order valence-corrected chi connectivity index (χ2v) is 9.40. The highest BCUT2D eigenvalue weighted by atomic mass is 31.2. The number of methoxy groups -OCH3 is 1. The van der Waals surface area contributed by atoms with Crippen LogP contribution in [0.5, 0.6) is 0 Å². The standard InChI is InChI=1S/C22H29BNO8P/c1-28-22(26)20(14-16-8-12-19(13-9-16)23(29-2)30-3)24-21(25)18-10-6-17(7-11-18)15-33(27,31-4)32-5/h6-13,20H,14-15H2,1-5H3,(H,24,25)/t20-/m1/s1. The first-order valence-electron chi connectivity index (χ1n) is 10.1. The lowest BCUT2D eigenvalue weighted by Crippen LogP contribution is -2.43. The molecule has 0 saturated heterocycles. The van der Waals surface area contributed by atoms with Gasteiger partial charge in [0.1, 0.15) is 6.04 Å². The lowest BCUT2D eigenvalue weighted by Gasteiger charge is -2.17. The molecule has 0 radical (unpaired) electrons. The van der Waals surface area contributed by atoms with Gasteiger partial charge < -0.3 is 28.4 Å². The Balaban J connectivity index is 2.10. The number of esters is 1. The summed E-state index contributed by atoms with van der Waals surface area (Å²) in [6, 6.07) is 12.9. The van der Waals surface area contributed by atoms with Crippen molar-refractivity contribution < 1.29 is 37.2 Å². The molecular formula is C22H29BNO8P. The van der Waals surface area contributed by atoms with Crippen LogP contribution in [0.1, 0.15) is 21.5 Å². The van der Waals surface area contributed by atoms with E-state index in [0.29, 0.717) is 11.1 Å². The monoisotopic (exact) mass is 477 g/mol. The van der Waals surface area contributed by atoms with Crippen LogP contribution in [0.15, 0.2) is 48.5 Å². The van der Waals surface area contributed by atoms with Crippen LogP contribution in [0, 0.1) is 0 Å². The van der Waals surface area contributed by atoms with Gasteiger partial charge in [-0.15, -0.1) is 0 Å². The molecule has 0 aliphatic rings. The molecule has 0 fully saturated rings. The first-order valence-corrected chi connectivity index (χ1v) is 11.8. The van der Waals surface area contributed by atoms with Gasteiger partial charge in [-0.2, -0.15) is 0 Å². The van der Waals surface area contributed by atoms with Gasteiger partial charge in [-0.05, 0) is 28.7 Å². The molecule has 0 bridgehead atoms. The number of carbonyl (C=O) groups is 2. The van der Waals surface area contributed by atoms with Gasteiger partial charge in [0.05, 0.1) is 13.3 Å². The lowest BCUT2D eigenvalue weighted by atomic mass is 9.78. The Kier molecular flexibility index (Phi) is 10.3. The number of carbonyl (C=O) groups excluding carboxylic acids is 2. The summed E-state index contributed by atoms with van der Waals surface area (Å²) < 4.78 is 37.5. The Morgan fingerprint density at radius 2 is 1.42 bits per heavy atom. The Morgan fingerprint density at radius 3 is 1.91 bits per heavy atom. The van der Waals surface area contributed by atoms with Gasteiger partial charge in [-0.3, -0.25) is 9.36 Å². The van der Waals surface area contributed by atoms with Crippen molar-refractivity contribution in [1.82, 2.24) is 5.32 Å². The van der Waals surface area contributed by atoms with E-state index in [1.165, 1.54) is 21.3 Å². The van der Waals surface area contributed by atoms with Crippen molar-refractivity contribution in [2.75, 3.05) is 35.5 Å². The maximum absolute atomic E-state index is 12.7. The Bertz CT molecular complexity index is 955. The first-order chi connectivity index (χ1) is 15.8. The zero-order chi connectivity index (χ0) is 24.4. The van der Waals surface area contributed by atoms with Crippen LogP contribution >= 0.6 is 7.60 Å². The summed E-state index contributed by atoms with van der Waals surface area (Å²) in [5.74, 6) is -0.995. The highest BCUT2D eigenvalue weighted by Crippen LogP contribution is 2.49. The van der Waals surface area contributed by atoms with Gasteiger partial charge >= 0.3 is 20.7 Å². The molecule has 0 unspecified atom stereocenters. The number of nitrogens with one attached hydrogen (secondary N) is 1. The molecule has 33 heavy (non-hydrogen) atoms. The van der Waals surface area contributed by atoms with E-state index in [0.717, 1.165) is 11.0 Å². The number of hydrogen-bond donors (Lipinski definition) is 1. The van der Waals surface area contributed by atoms with Gasteiger partial charge in [-0.1, -0.05) is 36.4 Å². The van der Waals surface area contributed by atoms with Gasteiger partial charge in [0.25, 0.3) is 5.91 Å². The third-order valence-electron chi connectivity index (χ3n) is 5.06. The van der Waals surface area contributed by atoms with E-state index in [1.54, 1.807) is 38.5 Å². The minimum atomic E-state index is -3.21. The van der Waals surface area contributed by atoms with Crippen LogP contribution in [0.25, 0.3) is 0 Å². The smallest absolute Gasteiger partial charge is 0.467 e. The minimum Gasteiger partial charge on any atom is -0.467 e. The first kappa shape index (κ1) is 26.8. The zero-order valence-electron chi connectivity index (χ0n) is 19.4. The summed E-state index contributed by atoms with van der Waals surface area (Å²) in [7, 11) is 3.30.